The Balaban J connectivity index is 2.15. The molecule has 0 fully saturated rings. The molecule has 0 unspecified atom stereocenters. The molecule has 1 aromatic carbocycles. The molecule has 20 heavy (non-hydrogen) atoms. The van der Waals surface area contributed by atoms with E-state index in [1.165, 1.54) is 5.56 Å². The fourth-order valence-electron chi connectivity index (χ4n) is 1.97. The number of hydrogen-bond acceptors (Lipinski definition) is 3. The number of nitrogens with one attached hydrogen (secondary N) is 1. The molecule has 0 amide bonds. The Bertz CT molecular complexity index is 536. The van der Waals surface area contributed by atoms with E-state index in [1.54, 1.807) is 0 Å². The summed E-state index contributed by atoms with van der Waals surface area (Å²) in [7, 11) is 0. The zero-order valence-corrected chi connectivity index (χ0v) is 12.8. The molecule has 0 spiro atoms. The standard InChI is InChI=1S/C17H23N3/c1-5-12-18-16-11-10-15(19-20-16)13-6-8-14(9-7-13)17(2,3)4/h6-11H,5,12H2,1-4H3,(H,18,20). The van der Waals surface area contributed by atoms with Crippen LogP contribution in [-0.2, 0) is 5.41 Å². The second-order valence-electron chi connectivity index (χ2n) is 6.06. The third kappa shape index (κ3) is 3.56. The second kappa shape index (κ2) is 6.04. The maximum Gasteiger partial charge on any atom is 0.148 e. The molecule has 0 aliphatic rings. The van der Waals surface area contributed by atoms with E-state index in [9.17, 15) is 0 Å². The van der Waals surface area contributed by atoms with Gasteiger partial charge in [0.2, 0.25) is 0 Å². The van der Waals surface area contributed by atoms with Gasteiger partial charge in [0, 0.05) is 12.1 Å². The molecule has 106 valence electrons. The number of rotatable bonds is 4. The van der Waals surface area contributed by atoms with Crippen LogP contribution in [0.15, 0.2) is 36.4 Å². The fraction of sp³-hybridized carbons (Fsp3) is 0.412. The Morgan fingerprint density at radius 3 is 2.15 bits per heavy atom. The Labute approximate surface area is 121 Å². The van der Waals surface area contributed by atoms with Gasteiger partial charge < -0.3 is 5.32 Å². The first kappa shape index (κ1) is 14.5. The van der Waals surface area contributed by atoms with Crippen molar-refractivity contribution >= 4 is 5.82 Å². The van der Waals surface area contributed by atoms with Crippen LogP contribution in [0.1, 0.15) is 39.7 Å². The summed E-state index contributed by atoms with van der Waals surface area (Å²) in [6, 6.07) is 12.6. The van der Waals surface area contributed by atoms with E-state index in [-0.39, 0.29) is 5.41 Å². The second-order valence-corrected chi connectivity index (χ2v) is 6.06. The molecule has 0 saturated heterocycles. The molecule has 1 aromatic heterocycles. The van der Waals surface area contributed by atoms with Gasteiger partial charge in [0.15, 0.2) is 0 Å². The topological polar surface area (TPSA) is 37.8 Å². The lowest BCUT2D eigenvalue weighted by Crippen LogP contribution is -2.10. The largest absolute Gasteiger partial charge is 0.369 e. The predicted molar refractivity (Wildman–Crippen MR) is 84.9 cm³/mol. The monoisotopic (exact) mass is 269 g/mol. The molecule has 0 saturated carbocycles. The average molecular weight is 269 g/mol. The van der Waals surface area contributed by atoms with Gasteiger partial charge in [-0.25, -0.2) is 0 Å². The van der Waals surface area contributed by atoms with Crippen molar-refractivity contribution in [3.63, 3.8) is 0 Å². The van der Waals surface area contributed by atoms with Gasteiger partial charge in [0.25, 0.3) is 0 Å². The molecule has 3 heteroatoms. The first-order chi connectivity index (χ1) is 9.50. The molecule has 1 N–H and O–H groups in total. The van der Waals surface area contributed by atoms with E-state index in [1.807, 2.05) is 12.1 Å². The van der Waals surface area contributed by atoms with Gasteiger partial charge in [-0.05, 0) is 29.5 Å². The number of hydrogen-bond donors (Lipinski definition) is 1. The van der Waals surface area contributed by atoms with Crippen molar-refractivity contribution in [2.75, 3.05) is 11.9 Å². The molecule has 0 radical (unpaired) electrons. The molecular formula is C17H23N3. The third-order valence-electron chi connectivity index (χ3n) is 3.27. The average Bonchev–Trinajstić information content (AvgIpc) is 2.45. The van der Waals surface area contributed by atoms with Crippen LogP contribution in [0.4, 0.5) is 5.82 Å². The zero-order valence-electron chi connectivity index (χ0n) is 12.8. The molecule has 1 heterocycles. The van der Waals surface area contributed by atoms with Crippen LogP contribution in [0.3, 0.4) is 0 Å². The first-order valence-electron chi connectivity index (χ1n) is 7.19. The van der Waals surface area contributed by atoms with Crippen LogP contribution in [-0.4, -0.2) is 16.7 Å². The number of nitrogens with zero attached hydrogens (tertiary/aromatic N) is 2. The summed E-state index contributed by atoms with van der Waals surface area (Å²) in [6.07, 6.45) is 1.08. The Morgan fingerprint density at radius 2 is 1.65 bits per heavy atom. The van der Waals surface area contributed by atoms with E-state index in [0.29, 0.717) is 0 Å². The molecule has 0 aliphatic heterocycles. The summed E-state index contributed by atoms with van der Waals surface area (Å²) in [6.45, 7) is 9.71. The minimum absolute atomic E-state index is 0.179. The van der Waals surface area contributed by atoms with Crippen molar-refractivity contribution in [3.05, 3.63) is 42.0 Å². The van der Waals surface area contributed by atoms with Crippen LogP contribution in [0.25, 0.3) is 11.3 Å². The van der Waals surface area contributed by atoms with Crippen LogP contribution < -0.4 is 5.32 Å². The van der Waals surface area contributed by atoms with Crippen molar-refractivity contribution in [1.29, 1.82) is 0 Å². The van der Waals surface area contributed by atoms with Gasteiger partial charge in [0.05, 0.1) is 5.69 Å². The van der Waals surface area contributed by atoms with E-state index >= 15 is 0 Å². The summed E-state index contributed by atoms with van der Waals surface area (Å²) >= 11 is 0. The van der Waals surface area contributed by atoms with Gasteiger partial charge in [-0.1, -0.05) is 52.0 Å². The quantitative estimate of drug-likeness (QED) is 0.901. The fourth-order valence-corrected chi connectivity index (χ4v) is 1.97. The van der Waals surface area contributed by atoms with Crippen LogP contribution in [0, 0.1) is 0 Å². The highest BCUT2D eigenvalue weighted by atomic mass is 15.2. The Kier molecular flexibility index (Phi) is 4.38. The zero-order chi connectivity index (χ0) is 14.6. The maximum atomic E-state index is 4.28. The van der Waals surface area contributed by atoms with Crippen molar-refractivity contribution in [1.82, 2.24) is 10.2 Å². The van der Waals surface area contributed by atoms with Crippen molar-refractivity contribution in [2.24, 2.45) is 0 Å². The highest BCUT2D eigenvalue weighted by molar-refractivity contribution is 5.60. The van der Waals surface area contributed by atoms with E-state index < -0.39 is 0 Å². The lowest BCUT2D eigenvalue weighted by Gasteiger charge is -2.19. The molecule has 3 nitrogen and oxygen atoms in total. The summed E-state index contributed by atoms with van der Waals surface area (Å²) in [4.78, 5) is 0. The highest BCUT2D eigenvalue weighted by Gasteiger charge is 2.13. The first-order valence-corrected chi connectivity index (χ1v) is 7.19. The summed E-state index contributed by atoms with van der Waals surface area (Å²) in [5.74, 6) is 0.835. The maximum absolute atomic E-state index is 4.28. The van der Waals surface area contributed by atoms with Crippen LogP contribution in [0.2, 0.25) is 0 Å². The molecule has 0 aliphatic carbocycles. The smallest absolute Gasteiger partial charge is 0.148 e. The molecule has 0 atom stereocenters. The van der Waals surface area contributed by atoms with E-state index in [0.717, 1.165) is 30.0 Å². The lowest BCUT2D eigenvalue weighted by atomic mass is 9.86. The highest BCUT2D eigenvalue weighted by Crippen LogP contribution is 2.25. The van der Waals surface area contributed by atoms with Crippen molar-refractivity contribution < 1.29 is 0 Å². The molecule has 2 rings (SSSR count). The molecule has 0 bridgehead atoms. The van der Waals surface area contributed by atoms with Crippen LogP contribution >= 0.6 is 0 Å². The Hall–Kier alpha value is -1.90. The van der Waals surface area contributed by atoms with E-state index in [2.05, 4.69) is 67.5 Å². The van der Waals surface area contributed by atoms with E-state index in [4.69, 9.17) is 0 Å². The van der Waals surface area contributed by atoms with Crippen LogP contribution in [0.5, 0.6) is 0 Å². The summed E-state index contributed by atoms with van der Waals surface area (Å²) in [5.41, 5.74) is 3.52. The van der Waals surface area contributed by atoms with Crippen molar-refractivity contribution in [3.8, 4) is 11.3 Å². The number of anilines is 1. The minimum atomic E-state index is 0.179. The SMILES string of the molecule is CCCNc1ccc(-c2ccc(C(C)(C)C)cc2)nn1. The Morgan fingerprint density at radius 1 is 0.950 bits per heavy atom. The van der Waals surface area contributed by atoms with Gasteiger partial charge >= 0.3 is 0 Å². The summed E-state index contributed by atoms with van der Waals surface area (Å²) in [5, 5.41) is 11.7. The predicted octanol–water partition coefficient (Wildman–Crippen LogP) is 4.26. The minimum Gasteiger partial charge on any atom is -0.369 e. The summed E-state index contributed by atoms with van der Waals surface area (Å²) < 4.78 is 0. The van der Waals surface area contributed by atoms with Gasteiger partial charge in [-0.3, -0.25) is 0 Å². The lowest BCUT2D eigenvalue weighted by molar-refractivity contribution is 0.590. The molecule has 2 aromatic rings. The molecular weight excluding hydrogens is 246 g/mol. The van der Waals surface area contributed by atoms with Gasteiger partial charge in [-0.2, -0.15) is 0 Å². The van der Waals surface area contributed by atoms with Crippen molar-refractivity contribution in [2.45, 2.75) is 39.5 Å². The number of benzene rings is 1. The third-order valence-corrected chi connectivity index (χ3v) is 3.27. The van der Waals surface area contributed by atoms with Gasteiger partial charge in [-0.15, -0.1) is 10.2 Å². The number of aromatic nitrogens is 2. The normalized spacial score (nSPS) is 11.4. The van der Waals surface area contributed by atoms with Gasteiger partial charge in [0.1, 0.15) is 5.82 Å².